The summed E-state index contributed by atoms with van der Waals surface area (Å²) in [6.07, 6.45) is 4.19. The Hall–Kier alpha value is 0.920. The number of likely N-dealkylation sites (tertiary alicyclic amines) is 1. The van der Waals surface area contributed by atoms with Gasteiger partial charge in [0.05, 0.1) is 0 Å². The molecule has 0 bridgehead atoms. The molecule has 1 heterocycles. The maximum atomic E-state index is 3.49. The van der Waals surface area contributed by atoms with Gasteiger partial charge in [-0.05, 0) is 38.8 Å². The van der Waals surface area contributed by atoms with Gasteiger partial charge in [-0.1, -0.05) is 15.9 Å². The van der Waals surface area contributed by atoms with Crippen LogP contribution >= 0.6 is 32.9 Å². The van der Waals surface area contributed by atoms with Crippen molar-refractivity contribution in [2.45, 2.75) is 19.3 Å². The van der Waals surface area contributed by atoms with Crippen LogP contribution in [0.25, 0.3) is 0 Å². The van der Waals surface area contributed by atoms with Crippen LogP contribution in [0.2, 0.25) is 0 Å². The highest BCUT2D eigenvalue weighted by Crippen LogP contribution is 2.18. The van der Waals surface area contributed by atoms with Crippen LogP contribution in [-0.4, -0.2) is 30.4 Å². The summed E-state index contributed by atoms with van der Waals surface area (Å²) in [5.74, 6) is 0.957. The zero-order valence-corrected chi connectivity index (χ0v) is 10.4. The Morgan fingerprint density at radius 3 is 2.82 bits per heavy atom. The van der Waals surface area contributed by atoms with Crippen molar-refractivity contribution >= 4 is 32.9 Å². The number of halogens is 2. The normalized spacial score (nSPS) is 26.2. The Balaban J connectivity index is 0.000001000. The molecule has 11 heavy (non-hydrogen) atoms. The van der Waals surface area contributed by atoms with Crippen LogP contribution in [0.3, 0.4) is 0 Å². The lowest BCUT2D eigenvalue weighted by Crippen LogP contribution is -2.32. The van der Waals surface area contributed by atoms with Gasteiger partial charge in [0.15, 0.2) is 0 Å². The Labute approximate surface area is 88.4 Å². The number of nitrogens with zero attached hydrogens (tertiary/aromatic N) is 1. The minimum atomic E-state index is 0. The van der Waals surface area contributed by atoms with Gasteiger partial charge in [-0.25, -0.2) is 0 Å². The van der Waals surface area contributed by atoms with Gasteiger partial charge < -0.3 is 4.90 Å². The molecule has 0 N–H and O–H groups in total. The maximum Gasteiger partial charge on any atom is 0.00344 e. The summed E-state index contributed by atoms with van der Waals surface area (Å²) in [5.41, 5.74) is 0. The lowest BCUT2D eigenvalue weighted by Gasteiger charge is -2.29. The van der Waals surface area contributed by atoms with E-state index < -0.39 is 0 Å². The number of piperidine rings is 1. The molecule has 1 aliphatic rings. The third kappa shape index (κ3) is 4.48. The molecule has 0 radical (unpaired) electrons. The molecule has 0 aliphatic carbocycles. The molecule has 1 nitrogen and oxygen atoms in total. The first-order chi connectivity index (χ1) is 4.83. The molecule has 1 aliphatic heterocycles. The monoisotopic (exact) mass is 285 g/mol. The van der Waals surface area contributed by atoms with Gasteiger partial charge in [-0.3, -0.25) is 0 Å². The Bertz CT molecular complexity index is 96.1. The molecule has 1 saturated heterocycles. The van der Waals surface area contributed by atoms with Crippen molar-refractivity contribution in [3.8, 4) is 0 Å². The Morgan fingerprint density at radius 2 is 2.27 bits per heavy atom. The smallest absolute Gasteiger partial charge is 0.00344 e. The lowest BCUT2D eigenvalue weighted by molar-refractivity contribution is 0.207. The molecule has 1 atom stereocenters. The van der Waals surface area contributed by atoms with E-state index in [2.05, 4.69) is 27.9 Å². The zero-order chi connectivity index (χ0) is 7.40. The van der Waals surface area contributed by atoms with E-state index >= 15 is 0 Å². The fraction of sp³-hybridized carbons (Fsp3) is 1.00. The van der Waals surface area contributed by atoms with Crippen molar-refractivity contribution in [2.24, 2.45) is 5.92 Å². The average Bonchev–Trinajstić information content (AvgIpc) is 1.88. The van der Waals surface area contributed by atoms with Crippen LogP contribution in [-0.2, 0) is 0 Å². The second-order valence-electron chi connectivity index (χ2n) is 3.25. The summed E-state index contributed by atoms with van der Waals surface area (Å²) >= 11 is 3.49. The van der Waals surface area contributed by atoms with Crippen molar-refractivity contribution in [1.29, 1.82) is 0 Å². The Morgan fingerprint density at radius 1 is 1.55 bits per heavy atom. The van der Waals surface area contributed by atoms with Crippen molar-refractivity contribution in [3.05, 3.63) is 0 Å². The number of hydrogen-bond donors (Lipinski definition) is 0. The largest absolute Gasteiger partial charge is 0.306 e. The number of rotatable bonds is 2. The molecule has 68 valence electrons. The van der Waals surface area contributed by atoms with Gasteiger partial charge in [0, 0.05) is 11.9 Å². The first-order valence-electron chi connectivity index (χ1n) is 4.07. The molecule has 1 fully saturated rings. The van der Waals surface area contributed by atoms with Crippen molar-refractivity contribution in [1.82, 2.24) is 4.90 Å². The van der Waals surface area contributed by atoms with E-state index in [-0.39, 0.29) is 17.0 Å². The SMILES string of the molecule is Br.CN1CCCC(CCBr)C1. The van der Waals surface area contributed by atoms with E-state index in [0.29, 0.717) is 0 Å². The molecule has 0 aromatic rings. The van der Waals surface area contributed by atoms with Crippen LogP contribution in [0.5, 0.6) is 0 Å². The lowest BCUT2D eigenvalue weighted by atomic mass is 9.96. The predicted octanol–water partition coefficient (Wildman–Crippen LogP) is 2.69. The fourth-order valence-corrected chi connectivity index (χ4v) is 2.31. The predicted molar refractivity (Wildman–Crippen MR) is 59.0 cm³/mol. The molecule has 3 heteroatoms. The van der Waals surface area contributed by atoms with Crippen LogP contribution < -0.4 is 0 Å². The molecule has 0 spiro atoms. The second-order valence-corrected chi connectivity index (χ2v) is 4.04. The van der Waals surface area contributed by atoms with E-state index in [1.807, 2.05) is 0 Å². The highest BCUT2D eigenvalue weighted by atomic mass is 79.9. The second kappa shape index (κ2) is 6.44. The van der Waals surface area contributed by atoms with Crippen LogP contribution in [0.1, 0.15) is 19.3 Å². The minimum Gasteiger partial charge on any atom is -0.306 e. The zero-order valence-electron chi connectivity index (χ0n) is 7.05. The number of hydrogen-bond acceptors (Lipinski definition) is 1. The van der Waals surface area contributed by atoms with Gasteiger partial charge in [0.25, 0.3) is 0 Å². The fourth-order valence-electron chi connectivity index (χ4n) is 1.66. The van der Waals surface area contributed by atoms with Gasteiger partial charge in [0.2, 0.25) is 0 Å². The highest BCUT2D eigenvalue weighted by Gasteiger charge is 2.15. The average molecular weight is 287 g/mol. The third-order valence-electron chi connectivity index (χ3n) is 2.24. The quantitative estimate of drug-likeness (QED) is 0.706. The van der Waals surface area contributed by atoms with E-state index in [9.17, 15) is 0 Å². The van der Waals surface area contributed by atoms with E-state index in [1.54, 1.807) is 0 Å². The third-order valence-corrected chi connectivity index (χ3v) is 2.70. The van der Waals surface area contributed by atoms with Crippen LogP contribution in [0.15, 0.2) is 0 Å². The summed E-state index contributed by atoms with van der Waals surface area (Å²) < 4.78 is 0. The van der Waals surface area contributed by atoms with Gasteiger partial charge >= 0.3 is 0 Å². The summed E-state index contributed by atoms with van der Waals surface area (Å²) in [4.78, 5) is 2.44. The van der Waals surface area contributed by atoms with Gasteiger partial charge in [-0.15, -0.1) is 17.0 Å². The Kier molecular flexibility index (Phi) is 6.98. The standard InChI is InChI=1S/C8H16BrN.BrH/c1-10-6-2-3-8(7-10)4-5-9;/h8H,2-7H2,1H3;1H. The van der Waals surface area contributed by atoms with E-state index in [1.165, 1.54) is 37.7 Å². The molecule has 1 rings (SSSR count). The first kappa shape index (κ1) is 11.9. The number of alkyl halides is 1. The maximum absolute atomic E-state index is 3.49. The minimum absolute atomic E-state index is 0. The topological polar surface area (TPSA) is 3.24 Å². The molecular formula is C8H17Br2N. The summed E-state index contributed by atoms with van der Waals surface area (Å²) in [6.45, 7) is 2.62. The van der Waals surface area contributed by atoms with E-state index in [4.69, 9.17) is 0 Å². The van der Waals surface area contributed by atoms with Gasteiger partial charge in [0.1, 0.15) is 0 Å². The molecule has 0 aromatic carbocycles. The molecule has 0 saturated carbocycles. The van der Waals surface area contributed by atoms with Crippen LogP contribution in [0, 0.1) is 5.92 Å². The molecular weight excluding hydrogens is 270 g/mol. The highest BCUT2D eigenvalue weighted by molar-refractivity contribution is 9.09. The molecule has 0 amide bonds. The first-order valence-corrected chi connectivity index (χ1v) is 5.19. The molecule has 1 unspecified atom stereocenters. The van der Waals surface area contributed by atoms with Crippen molar-refractivity contribution in [3.63, 3.8) is 0 Å². The summed E-state index contributed by atoms with van der Waals surface area (Å²) in [6, 6.07) is 0. The molecule has 0 aromatic heterocycles. The van der Waals surface area contributed by atoms with Gasteiger partial charge in [-0.2, -0.15) is 0 Å². The van der Waals surface area contributed by atoms with Crippen molar-refractivity contribution < 1.29 is 0 Å². The summed E-state index contributed by atoms with van der Waals surface area (Å²) in [7, 11) is 2.22. The van der Waals surface area contributed by atoms with Crippen LogP contribution in [0.4, 0.5) is 0 Å². The summed E-state index contributed by atoms with van der Waals surface area (Å²) in [5, 5.41) is 1.17. The van der Waals surface area contributed by atoms with E-state index in [0.717, 1.165) is 5.92 Å². The van der Waals surface area contributed by atoms with Crippen molar-refractivity contribution in [2.75, 3.05) is 25.5 Å².